The second-order valence-electron chi connectivity index (χ2n) is 8.66. The summed E-state index contributed by atoms with van der Waals surface area (Å²) in [6.45, 7) is 5.88. The zero-order chi connectivity index (χ0) is 23.2. The number of hydrogen-bond donors (Lipinski definition) is 2. The van der Waals surface area contributed by atoms with Crippen molar-refractivity contribution in [2.45, 2.75) is 50.2 Å². The van der Waals surface area contributed by atoms with Gasteiger partial charge < -0.3 is 9.80 Å². The summed E-state index contributed by atoms with van der Waals surface area (Å²) in [7, 11) is -3.28. The summed E-state index contributed by atoms with van der Waals surface area (Å²) >= 11 is 0. The number of sulfone groups is 1. The highest BCUT2D eigenvalue weighted by Crippen LogP contribution is 2.39. The molecule has 3 atom stereocenters. The third-order valence-electron chi connectivity index (χ3n) is 6.03. The number of anilines is 2. The second-order valence-corrected chi connectivity index (χ2v) is 10.7. The molecule has 0 aromatic heterocycles. The van der Waals surface area contributed by atoms with Crippen LogP contribution in [0.2, 0.25) is 0 Å². The predicted octanol–water partition coefficient (Wildman–Crippen LogP) is 2.10. The summed E-state index contributed by atoms with van der Waals surface area (Å²) in [4.78, 5) is 29.5. The summed E-state index contributed by atoms with van der Waals surface area (Å²) in [6.07, 6.45) is 1.86. The van der Waals surface area contributed by atoms with Gasteiger partial charge in [-0.3, -0.25) is 15.0 Å². The molecule has 2 N–H and O–H groups in total. The lowest BCUT2D eigenvalue weighted by Crippen LogP contribution is -2.55. The first-order chi connectivity index (χ1) is 15.1. The molecule has 2 aromatic rings. The maximum atomic E-state index is 13.4. The maximum Gasteiger partial charge on any atom is 0.245 e. The van der Waals surface area contributed by atoms with Crippen LogP contribution in [0.1, 0.15) is 27.2 Å². The molecule has 0 aliphatic carbocycles. The average Bonchev–Trinajstić information content (AvgIpc) is 3.17. The summed E-state index contributed by atoms with van der Waals surface area (Å²) in [5.41, 5.74) is 9.20. The molecule has 4 rings (SSSR count). The Kier molecular flexibility index (Phi) is 5.83. The van der Waals surface area contributed by atoms with Gasteiger partial charge in [0.1, 0.15) is 6.04 Å². The molecule has 1 fully saturated rings. The molecule has 0 spiro atoms. The van der Waals surface area contributed by atoms with Crippen molar-refractivity contribution in [1.82, 2.24) is 10.9 Å². The molecule has 2 aliphatic rings. The number of amides is 2. The Balaban J connectivity index is 1.76. The van der Waals surface area contributed by atoms with Crippen molar-refractivity contribution in [1.29, 1.82) is 0 Å². The number of carbonyl (C=O) groups is 2. The second kappa shape index (κ2) is 8.31. The maximum absolute atomic E-state index is 13.4. The lowest BCUT2D eigenvalue weighted by atomic mass is 9.99. The molecule has 8 nitrogen and oxygen atoms in total. The third kappa shape index (κ3) is 4.15. The number of hydrogen-bond acceptors (Lipinski definition) is 6. The zero-order valence-corrected chi connectivity index (χ0v) is 19.4. The fraction of sp³-hybridized carbons (Fsp3) is 0.391. The minimum Gasteiger partial charge on any atom is -0.307 e. The zero-order valence-electron chi connectivity index (χ0n) is 18.6. The van der Waals surface area contributed by atoms with E-state index < -0.39 is 9.84 Å². The van der Waals surface area contributed by atoms with Crippen molar-refractivity contribution < 1.29 is 18.0 Å². The smallest absolute Gasteiger partial charge is 0.245 e. The summed E-state index contributed by atoms with van der Waals surface area (Å²) in [6, 6.07) is 12.0. The van der Waals surface area contributed by atoms with Crippen molar-refractivity contribution in [2.75, 3.05) is 22.6 Å². The molecule has 0 bridgehead atoms. The molecule has 2 unspecified atom stereocenters. The van der Waals surface area contributed by atoms with Gasteiger partial charge >= 0.3 is 0 Å². The Hall–Kier alpha value is -2.75. The van der Waals surface area contributed by atoms with Crippen LogP contribution >= 0.6 is 0 Å². The molecule has 2 heterocycles. The summed E-state index contributed by atoms with van der Waals surface area (Å²) < 4.78 is 23.6. The van der Waals surface area contributed by atoms with E-state index in [1.54, 1.807) is 34.1 Å². The van der Waals surface area contributed by atoms with Crippen molar-refractivity contribution in [2.24, 2.45) is 0 Å². The number of fused-ring (bicyclic) bond motifs is 1. The standard InChI is InChI=1S/C23H28N4O4S/c1-14-11-20(25-24-14)23(29)26-13-15(2)27(16(3)28)21-10-7-18(12-22(21)26)17-5-8-19(9-6-17)32(4,30)31/h5-10,12,14-15,20,24-25H,11,13H2,1-4H3/t14?,15-,20?/m0/s1. The van der Waals surface area contributed by atoms with Gasteiger partial charge in [0.15, 0.2) is 9.84 Å². The van der Waals surface area contributed by atoms with Gasteiger partial charge in [0.2, 0.25) is 11.8 Å². The van der Waals surface area contributed by atoms with Crippen LogP contribution < -0.4 is 20.7 Å². The van der Waals surface area contributed by atoms with E-state index in [4.69, 9.17) is 0 Å². The monoisotopic (exact) mass is 456 g/mol. The van der Waals surface area contributed by atoms with Gasteiger partial charge in [-0.1, -0.05) is 18.2 Å². The number of rotatable bonds is 3. The van der Waals surface area contributed by atoms with Gasteiger partial charge in [0.05, 0.1) is 22.3 Å². The predicted molar refractivity (Wildman–Crippen MR) is 124 cm³/mol. The largest absolute Gasteiger partial charge is 0.307 e. The number of nitrogens with zero attached hydrogens (tertiary/aromatic N) is 2. The molecule has 32 heavy (non-hydrogen) atoms. The molecule has 2 amide bonds. The van der Waals surface area contributed by atoms with Crippen LogP contribution in [0.4, 0.5) is 11.4 Å². The number of hydrazine groups is 1. The van der Waals surface area contributed by atoms with Crippen molar-refractivity contribution in [3.8, 4) is 11.1 Å². The van der Waals surface area contributed by atoms with Gasteiger partial charge in [0.25, 0.3) is 0 Å². The SMILES string of the molecule is CC(=O)N1c2ccc(-c3ccc(S(C)(=O)=O)cc3)cc2N(C(=O)C2CC(C)NN2)C[C@@H]1C. The minimum absolute atomic E-state index is 0.0391. The average molecular weight is 457 g/mol. The van der Waals surface area contributed by atoms with Gasteiger partial charge in [-0.2, -0.15) is 0 Å². The van der Waals surface area contributed by atoms with Crippen LogP contribution in [0, 0.1) is 0 Å². The fourth-order valence-electron chi connectivity index (χ4n) is 4.45. The Bertz CT molecular complexity index is 1160. The Labute approximate surface area is 188 Å². The van der Waals surface area contributed by atoms with Crippen LogP contribution in [0.25, 0.3) is 11.1 Å². The molecular formula is C23H28N4O4S. The Morgan fingerprint density at radius 3 is 2.19 bits per heavy atom. The highest BCUT2D eigenvalue weighted by Gasteiger charge is 2.38. The van der Waals surface area contributed by atoms with E-state index in [9.17, 15) is 18.0 Å². The lowest BCUT2D eigenvalue weighted by Gasteiger charge is -2.41. The normalized spacial score (nSPS) is 23.2. The van der Waals surface area contributed by atoms with E-state index in [2.05, 4.69) is 10.9 Å². The first kappa shape index (κ1) is 22.4. The summed E-state index contributed by atoms with van der Waals surface area (Å²) in [5.74, 6) is -0.117. The highest BCUT2D eigenvalue weighted by molar-refractivity contribution is 7.90. The first-order valence-electron chi connectivity index (χ1n) is 10.6. The van der Waals surface area contributed by atoms with Crippen molar-refractivity contribution >= 4 is 33.0 Å². The van der Waals surface area contributed by atoms with Crippen LogP contribution in [-0.2, 0) is 19.4 Å². The third-order valence-corrected chi connectivity index (χ3v) is 7.15. The number of benzene rings is 2. The Morgan fingerprint density at radius 1 is 0.969 bits per heavy atom. The van der Waals surface area contributed by atoms with Gasteiger partial charge in [-0.25, -0.2) is 13.8 Å². The van der Waals surface area contributed by atoms with E-state index in [1.165, 1.54) is 13.2 Å². The molecule has 2 aliphatic heterocycles. The molecule has 170 valence electrons. The highest BCUT2D eigenvalue weighted by atomic mass is 32.2. The van der Waals surface area contributed by atoms with Crippen LogP contribution in [0.5, 0.6) is 0 Å². The summed E-state index contributed by atoms with van der Waals surface area (Å²) in [5, 5.41) is 0. The minimum atomic E-state index is -3.28. The first-order valence-corrected chi connectivity index (χ1v) is 12.5. The van der Waals surface area contributed by atoms with Gasteiger partial charge in [-0.05, 0) is 55.7 Å². The molecular weight excluding hydrogens is 428 g/mol. The van der Waals surface area contributed by atoms with E-state index in [0.29, 0.717) is 24.3 Å². The van der Waals surface area contributed by atoms with Crippen LogP contribution in [0.15, 0.2) is 47.4 Å². The molecule has 0 saturated carbocycles. The molecule has 9 heteroatoms. The van der Waals surface area contributed by atoms with Crippen LogP contribution in [0.3, 0.4) is 0 Å². The van der Waals surface area contributed by atoms with E-state index in [-0.39, 0.29) is 34.8 Å². The number of carbonyl (C=O) groups excluding carboxylic acids is 2. The number of nitrogens with one attached hydrogen (secondary N) is 2. The van der Waals surface area contributed by atoms with E-state index in [1.807, 2.05) is 32.0 Å². The topological polar surface area (TPSA) is 98.8 Å². The van der Waals surface area contributed by atoms with Crippen LogP contribution in [-0.4, -0.2) is 51.2 Å². The Morgan fingerprint density at radius 2 is 1.62 bits per heavy atom. The van der Waals surface area contributed by atoms with Crippen molar-refractivity contribution in [3.05, 3.63) is 42.5 Å². The quantitative estimate of drug-likeness (QED) is 0.734. The molecule has 2 aromatic carbocycles. The molecule has 0 radical (unpaired) electrons. The van der Waals surface area contributed by atoms with Gasteiger partial charge in [0, 0.05) is 25.8 Å². The lowest BCUT2D eigenvalue weighted by molar-refractivity contribution is -0.121. The van der Waals surface area contributed by atoms with Crippen molar-refractivity contribution in [3.63, 3.8) is 0 Å². The van der Waals surface area contributed by atoms with E-state index in [0.717, 1.165) is 11.1 Å². The fourth-order valence-corrected chi connectivity index (χ4v) is 5.08. The van der Waals surface area contributed by atoms with Gasteiger partial charge in [-0.15, -0.1) is 0 Å². The van der Waals surface area contributed by atoms with E-state index >= 15 is 0 Å². The molecule has 1 saturated heterocycles.